The predicted molar refractivity (Wildman–Crippen MR) is 43.4 cm³/mol. The minimum absolute atomic E-state index is 1.53. The second kappa shape index (κ2) is 6.16. The Bertz CT molecular complexity index is 496. The highest BCUT2D eigenvalue weighted by Gasteiger charge is 2.87. The topological polar surface area (TPSA) is 29.5 Å². The summed E-state index contributed by atoms with van der Waals surface area (Å²) in [5, 5.41) is 8.05. The van der Waals surface area contributed by atoms with Gasteiger partial charge in [0, 0.05) is 0 Å². The van der Waals surface area contributed by atoms with Crippen molar-refractivity contribution in [1.29, 1.82) is 0 Å². The fourth-order valence-corrected chi connectivity index (χ4v) is 1.10. The van der Waals surface area contributed by atoms with Gasteiger partial charge >= 0.3 is 42.3 Å². The van der Waals surface area contributed by atoms with E-state index in [-0.39, 0.29) is 0 Å². The van der Waals surface area contributed by atoms with Gasteiger partial charge in [-0.15, -0.1) is 13.2 Å². The van der Waals surface area contributed by atoms with E-state index in [1.54, 1.807) is 0 Å². The Hall–Kier alpha value is -1.20. The molecule has 0 bridgehead atoms. The normalized spacial score (nSPS) is 18.2. The van der Waals surface area contributed by atoms with Crippen LogP contribution in [0.4, 0.5) is 70.2 Å². The average molecular weight is 433 g/mol. The number of aliphatic hydroxyl groups is 1. The van der Waals surface area contributed by atoms with Crippen LogP contribution >= 0.6 is 0 Å². The highest BCUT2D eigenvalue weighted by molar-refractivity contribution is 5.17. The maximum atomic E-state index is 13.2. The number of rotatable bonds is 5. The van der Waals surface area contributed by atoms with Crippen LogP contribution in [0.3, 0.4) is 0 Å². The van der Waals surface area contributed by atoms with Crippen LogP contribution in [0, 0.1) is 6.10 Å². The molecule has 0 aromatic rings. The molecule has 0 amide bonds. The number of hydrogen-bond donors (Lipinski definition) is 1. The quantitative estimate of drug-likeness (QED) is 0.635. The van der Waals surface area contributed by atoms with Crippen LogP contribution in [0.1, 0.15) is 0 Å². The Morgan fingerprint density at radius 1 is 0.538 bits per heavy atom. The van der Waals surface area contributed by atoms with E-state index < -0.39 is 48.4 Å². The van der Waals surface area contributed by atoms with Crippen molar-refractivity contribution in [1.82, 2.24) is 0 Å². The summed E-state index contributed by atoms with van der Waals surface area (Å²) in [4.78, 5) is 0. The molecule has 1 radical (unpaired) electrons. The van der Waals surface area contributed by atoms with Crippen molar-refractivity contribution in [2.24, 2.45) is 0 Å². The first-order valence-electron chi connectivity index (χ1n) is 5.16. The number of alkyl halides is 16. The van der Waals surface area contributed by atoms with Crippen molar-refractivity contribution in [3.63, 3.8) is 0 Å². The van der Waals surface area contributed by atoms with Crippen molar-refractivity contribution in [3.05, 3.63) is 6.10 Å². The van der Waals surface area contributed by atoms with Gasteiger partial charge < -0.3 is 5.11 Å². The Morgan fingerprint density at radius 2 is 0.885 bits per heavy atom. The molecule has 0 aliphatic rings. The monoisotopic (exact) mass is 433 g/mol. The third-order valence-corrected chi connectivity index (χ3v) is 2.32. The molecule has 157 valence electrons. The lowest BCUT2D eigenvalue weighted by atomic mass is 9.94. The zero-order valence-electron chi connectivity index (χ0n) is 10.9. The summed E-state index contributed by atoms with van der Waals surface area (Å²) in [5.74, 6) is -31.3. The fraction of sp³-hybridized carbons (Fsp3) is 0.875. The molecule has 0 aromatic carbocycles. The molecule has 26 heavy (non-hydrogen) atoms. The van der Waals surface area contributed by atoms with E-state index in [2.05, 4.69) is 0 Å². The first kappa shape index (κ1) is 24.8. The molecule has 1 N–H and O–H groups in total. The van der Waals surface area contributed by atoms with Crippen molar-refractivity contribution in [2.75, 3.05) is 0 Å². The number of hydrogen-bond acceptors (Lipinski definition) is 2. The van der Waals surface area contributed by atoms with Crippen molar-refractivity contribution in [2.45, 2.75) is 42.3 Å². The second-order valence-electron chi connectivity index (χ2n) is 4.22. The largest absolute Gasteiger partial charge is 0.523 e. The summed E-state index contributed by atoms with van der Waals surface area (Å²) < 4.78 is 198. The number of halogens is 16. The van der Waals surface area contributed by atoms with Crippen LogP contribution in [0.25, 0.3) is 0 Å². The molecule has 18 heteroatoms. The van der Waals surface area contributed by atoms with Gasteiger partial charge in [0.15, 0.2) is 0 Å². The maximum absolute atomic E-state index is 13.2. The molecule has 0 saturated carbocycles. The lowest BCUT2D eigenvalue weighted by Gasteiger charge is -2.40. The summed E-state index contributed by atoms with van der Waals surface area (Å²) in [7, 11) is 0. The molecule has 0 heterocycles. The van der Waals surface area contributed by atoms with E-state index in [1.165, 1.54) is 4.74 Å². The molecule has 0 aliphatic carbocycles. The standard InChI is InChI=1S/C8HF16O2/c9-2(10,4(12,13)5(14,15)7(19,20)21)1(26-8(22,23)24)3(11,25)6(16,17)18/h25H. The molecular formula is C8HF16O2. The summed E-state index contributed by atoms with van der Waals surface area (Å²) in [6.07, 6.45) is -27.1. The highest BCUT2D eigenvalue weighted by Crippen LogP contribution is 2.60. The first-order valence-corrected chi connectivity index (χ1v) is 5.16. The molecule has 0 aliphatic heterocycles. The maximum Gasteiger partial charge on any atom is 0.523 e. The van der Waals surface area contributed by atoms with Crippen LogP contribution in [-0.4, -0.2) is 47.4 Å². The van der Waals surface area contributed by atoms with E-state index in [1.807, 2.05) is 0 Å². The van der Waals surface area contributed by atoms with Gasteiger partial charge in [-0.3, -0.25) is 4.74 Å². The third-order valence-electron chi connectivity index (χ3n) is 2.32. The Labute approximate surface area is 130 Å². The van der Waals surface area contributed by atoms with Crippen LogP contribution in [0.15, 0.2) is 0 Å². The SMILES string of the molecule is OC(F)([C](OC(F)(F)F)C(F)(F)C(F)(F)C(F)(F)C(F)(F)F)C(F)(F)F. The van der Waals surface area contributed by atoms with E-state index in [0.717, 1.165) is 0 Å². The highest BCUT2D eigenvalue weighted by atomic mass is 19.4. The Balaban J connectivity index is 6.58. The molecule has 0 rings (SSSR count). The summed E-state index contributed by atoms with van der Waals surface area (Å²) in [5.41, 5.74) is 0. The van der Waals surface area contributed by atoms with Crippen molar-refractivity contribution in [3.8, 4) is 0 Å². The lowest BCUT2D eigenvalue weighted by molar-refractivity contribution is -0.440. The molecule has 0 saturated heterocycles. The van der Waals surface area contributed by atoms with Gasteiger partial charge in [-0.1, -0.05) is 0 Å². The van der Waals surface area contributed by atoms with Crippen LogP contribution < -0.4 is 0 Å². The van der Waals surface area contributed by atoms with Crippen LogP contribution in [0.2, 0.25) is 0 Å². The Morgan fingerprint density at radius 3 is 1.12 bits per heavy atom. The Kier molecular flexibility index (Phi) is 5.88. The molecule has 2 nitrogen and oxygen atoms in total. The summed E-state index contributed by atoms with van der Waals surface area (Å²) in [6, 6.07) is 0. The molecular weight excluding hydrogens is 432 g/mol. The van der Waals surface area contributed by atoms with Crippen molar-refractivity contribution < 1.29 is 80.1 Å². The average Bonchev–Trinajstić information content (AvgIpc) is 2.31. The molecule has 0 aromatic heterocycles. The van der Waals surface area contributed by atoms with Gasteiger partial charge in [0.05, 0.1) is 0 Å². The first-order chi connectivity index (χ1) is 10.8. The smallest absolute Gasteiger partial charge is 0.352 e. The van der Waals surface area contributed by atoms with E-state index in [9.17, 15) is 70.2 Å². The van der Waals surface area contributed by atoms with Gasteiger partial charge in [0.2, 0.25) is 0 Å². The molecule has 1 unspecified atom stereocenters. The minimum Gasteiger partial charge on any atom is -0.352 e. The van der Waals surface area contributed by atoms with Gasteiger partial charge in [-0.05, 0) is 0 Å². The van der Waals surface area contributed by atoms with Gasteiger partial charge in [-0.25, -0.2) is 0 Å². The van der Waals surface area contributed by atoms with Crippen molar-refractivity contribution >= 4 is 0 Å². The van der Waals surface area contributed by atoms with Gasteiger partial charge in [0.1, 0.15) is 0 Å². The van der Waals surface area contributed by atoms with Crippen LogP contribution in [-0.2, 0) is 4.74 Å². The van der Waals surface area contributed by atoms with Crippen LogP contribution in [0.5, 0.6) is 0 Å². The predicted octanol–water partition coefficient (Wildman–Crippen LogP) is 4.74. The number of ether oxygens (including phenoxy) is 1. The van der Waals surface area contributed by atoms with Gasteiger partial charge in [-0.2, -0.15) is 57.1 Å². The molecule has 0 fully saturated rings. The lowest BCUT2D eigenvalue weighted by Crippen LogP contribution is -2.67. The zero-order chi connectivity index (χ0) is 21.8. The van der Waals surface area contributed by atoms with Gasteiger partial charge in [0.25, 0.3) is 6.10 Å². The molecule has 0 spiro atoms. The zero-order valence-corrected chi connectivity index (χ0v) is 10.9. The van der Waals surface area contributed by atoms with E-state index in [4.69, 9.17) is 5.11 Å². The van der Waals surface area contributed by atoms with E-state index in [0.29, 0.717) is 0 Å². The van der Waals surface area contributed by atoms with E-state index >= 15 is 0 Å². The third kappa shape index (κ3) is 4.04. The summed E-state index contributed by atoms with van der Waals surface area (Å²) in [6.45, 7) is 0. The fourth-order valence-electron chi connectivity index (χ4n) is 1.10. The second-order valence-corrected chi connectivity index (χ2v) is 4.22. The summed E-state index contributed by atoms with van der Waals surface area (Å²) >= 11 is 0. The molecule has 1 atom stereocenters. The minimum atomic E-state index is -8.16.